The third-order valence-electron chi connectivity index (χ3n) is 3.56. The molecule has 3 aromatic carbocycles. The molecule has 130 valence electrons. The van der Waals surface area contributed by atoms with Crippen LogP contribution in [0.25, 0.3) is 21.5 Å². The van der Waals surface area contributed by atoms with Gasteiger partial charge in [0.25, 0.3) is 0 Å². The molecule has 3 aromatic rings. The molecule has 0 unspecified atom stereocenters. The van der Waals surface area contributed by atoms with Gasteiger partial charge in [-0.05, 0) is 21.5 Å². The van der Waals surface area contributed by atoms with Crippen LogP contribution in [-0.4, -0.2) is 24.6 Å². The summed E-state index contributed by atoms with van der Waals surface area (Å²) in [6, 6.07) is 17.3. The number of hydrogen-bond donors (Lipinski definition) is 2. The van der Waals surface area contributed by atoms with Gasteiger partial charge in [-0.25, -0.2) is 0 Å². The van der Waals surface area contributed by atoms with Crippen LogP contribution >= 0.6 is 48.3 Å². The van der Waals surface area contributed by atoms with E-state index in [4.69, 9.17) is 11.5 Å². The summed E-state index contributed by atoms with van der Waals surface area (Å²) in [4.78, 5) is 2.68. The zero-order chi connectivity index (χ0) is 15.4. The standard InChI is InChI=1S/C18H20N2S2.2ClH/c19-9-11-21-17-13-5-1-2-6-14(13)18(22-12-10-20)16-8-4-3-7-15(16)17;;/h1-8H,9-12,19-20H2;2*1H. The van der Waals surface area contributed by atoms with Gasteiger partial charge in [0, 0.05) is 34.4 Å². The maximum atomic E-state index is 5.72. The zero-order valence-electron chi connectivity index (χ0n) is 13.2. The highest BCUT2D eigenvalue weighted by atomic mass is 35.5. The molecule has 0 spiro atoms. The number of benzene rings is 3. The van der Waals surface area contributed by atoms with Crippen molar-refractivity contribution in [3.8, 4) is 0 Å². The second-order valence-electron chi connectivity index (χ2n) is 5.02. The van der Waals surface area contributed by atoms with Crippen LogP contribution in [0.3, 0.4) is 0 Å². The Balaban J connectivity index is 0.00000144. The van der Waals surface area contributed by atoms with E-state index in [1.54, 1.807) is 0 Å². The van der Waals surface area contributed by atoms with Gasteiger partial charge in [0.2, 0.25) is 0 Å². The lowest BCUT2D eigenvalue weighted by molar-refractivity contribution is 1.15. The van der Waals surface area contributed by atoms with Gasteiger partial charge in [0.15, 0.2) is 0 Å². The van der Waals surface area contributed by atoms with E-state index in [1.807, 2.05) is 23.5 Å². The molecular weight excluding hydrogens is 379 g/mol. The first-order chi connectivity index (χ1) is 10.9. The van der Waals surface area contributed by atoms with Gasteiger partial charge in [0.1, 0.15) is 0 Å². The molecule has 0 aromatic heterocycles. The molecule has 0 saturated carbocycles. The lowest BCUT2D eigenvalue weighted by atomic mass is 10.0. The van der Waals surface area contributed by atoms with Crippen molar-refractivity contribution < 1.29 is 0 Å². The third kappa shape index (κ3) is 4.31. The monoisotopic (exact) mass is 400 g/mol. The number of fused-ring (bicyclic) bond motifs is 2. The van der Waals surface area contributed by atoms with Gasteiger partial charge in [-0.15, -0.1) is 48.3 Å². The van der Waals surface area contributed by atoms with Crippen LogP contribution in [0.4, 0.5) is 0 Å². The maximum Gasteiger partial charge on any atom is 0.0230 e. The first-order valence-electron chi connectivity index (χ1n) is 7.46. The summed E-state index contributed by atoms with van der Waals surface area (Å²) in [6.45, 7) is 1.38. The topological polar surface area (TPSA) is 52.0 Å². The number of rotatable bonds is 6. The Morgan fingerprint density at radius 2 is 0.875 bits per heavy atom. The SMILES string of the molecule is Cl.Cl.NCCSc1c2ccccc2c(SCCN)c2ccccc12. The maximum absolute atomic E-state index is 5.72. The minimum atomic E-state index is 0. The van der Waals surface area contributed by atoms with Crippen LogP contribution < -0.4 is 11.5 Å². The fourth-order valence-corrected chi connectivity index (χ4v) is 4.66. The van der Waals surface area contributed by atoms with Crippen molar-refractivity contribution in [3.63, 3.8) is 0 Å². The van der Waals surface area contributed by atoms with E-state index in [2.05, 4.69) is 48.5 Å². The minimum absolute atomic E-state index is 0. The van der Waals surface area contributed by atoms with Gasteiger partial charge in [-0.2, -0.15) is 0 Å². The molecule has 0 atom stereocenters. The number of thioether (sulfide) groups is 2. The Morgan fingerprint density at radius 1 is 0.583 bits per heavy atom. The van der Waals surface area contributed by atoms with Gasteiger partial charge in [-0.1, -0.05) is 48.5 Å². The van der Waals surface area contributed by atoms with E-state index in [0.29, 0.717) is 13.1 Å². The lowest BCUT2D eigenvalue weighted by Crippen LogP contribution is -2.02. The van der Waals surface area contributed by atoms with Crippen LogP contribution in [0.1, 0.15) is 0 Å². The Labute approximate surface area is 163 Å². The Bertz CT molecular complexity index is 673. The van der Waals surface area contributed by atoms with E-state index < -0.39 is 0 Å². The van der Waals surface area contributed by atoms with E-state index >= 15 is 0 Å². The molecule has 0 aliphatic carbocycles. The normalized spacial score (nSPS) is 10.4. The highest BCUT2D eigenvalue weighted by Gasteiger charge is 2.13. The summed E-state index contributed by atoms with van der Waals surface area (Å²) < 4.78 is 0. The first kappa shape index (κ1) is 21.4. The summed E-state index contributed by atoms with van der Waals surface area (Å²) >= 11 is 3.71. The molecular formula is C18H22Cl2N2S2. The van der Waals surface area contributed by atoms with E-state index in [0.717, 1.165) is 11.5 Å². The Kier molecular flexibility index (Phi) is 9.27. The van der Waals surface area contributed by atoms with Crippen molar-refractivity contribution in [3.05, 3.63) is 48.5 Å². The van der Waals surface area contributed by atoms with Crippen molar-refractivity contribution in [2.24, 2.45) is 11.5 Å². The highest BCUT2D eigenvalue weighted by Crippen LogP contribution is 2.42. The highest BCUT2D eigenvalue weighted by molar-refractivity contribution is 8.00. The number of nitrogens with two attached hydrogens (primary N) is 2. The predicted octanol–water partition coefficient (Wildman–Crippen LogP) is 4.94. The number of hydrogen-bond acceptors (Lipinski definition) is 4. The molecule has 24 heavy (non-hydrogen) atoms. The van der Waals surface area contributed by atoms with Crippen LogP contribution in [0, 0.1) is 0 Å². The van der Waals surface area contributed by atoms with Gasteiger partial charge in [0.05, 0.1) is 0 Å². The van der Waals surface area contributed by atoms with Crippen molar-refractivity contribution in [1.82, 2.24) is 0 Å². The Hall–Kier alpha value is -0.620. The van der Waals surface area contributed by atoms with Crippen molar-refractivity contribution in [1.29, 1.82) is 0 Å². The fraction of sp³-hybridized carbons (Fsp3) is 0.222. The van der Waals surface area contributed by atoms with Crippen LogP contribution in [0.5, 0.6) is 0 Å². The summed E-state index contributed by atoms with van der Waals surface area (Å²) in [7, 11) is 0. The Morgan fingerprint density at radius 3 is 1.12 bits per heavy atom. The molecule has 3 rings (SSSR count). The van der Waals surface area contributed by atoms with Gasteiger partial charge < -0.3 is 11.5 Å². The average molecular weight is 401 g/mol. The predicted molar refractivity (Wildman–Crippen MR) is 116 cm³/mol. The molecule has 0 saturated heterocycles. The van der Waals surface area contributed by atoms with E-state index in [9.17, 15) is 0 Å². The summed E-state index contributed by atoms with van der Waals surface area (Å²) in [5, 5.41) is 5.27. The smallest absolute Gasteiger partial charge is 0.0230 e. The van der Waals surface area contributed by atoms with E-state index in [1.165, 1.54) is 31.3 Å². The minimum Gasteiger partial charge on any atom is -0.330 e. The fourth-order valence-electron chi connectivity index (χ4n) is 2.68. The molecule has 0 aliphatic heterocycles. The molecule has 0 bridgehead atoms. The molecule has 0 heterocycles. The van der Waals surface area contributed by atoms with Crippen molar-refractivity contribution in [2.45, 2.75) is 9.79 Å². The quantitative estimate of drug-likeness (QED) is 0.454. The van der Waals surface area contributed by atoms with Crippen molar-refractivity contribution >= 4 is 69.9 Å². The second kappa shape index (κ2) is 10.4. The average Bonchev–Trinajstić information content (AvgIpc) is 2.58. The number of halogens is 2. The molecule has 0 radical (unpaired) electrons. The molecule has 2 nitrogen and oxygen atoms in total. The molecule has 0 amide bonds. The molecule has 0 aliphatic rings. The molecule has 4 N–H and O–H groups in total. The van der Waals surface area contributed by atoms with Crippen LogP contribution in [0.2, 0.25) is 0 Å². The van der Waals surface area contributed by atoms with Crippen LogP contribution in [-0.2, 0) is 0 Å². The summed E-state index contributed by atoms with van der Waals surface area (Å²) in [5.41, 5.74) is 11.4. The lowest BCUT2D eigenvalue weighted by Gasteiger charge is -2.15. The molecule has 0 fully saturated rings. The molecule has 6 heteroatoms. The van der Waals surface area contributed by atoms with Crippen molar-refractivity contribution in [2.75, 3.05) is 24.6 Å². The summed E-state index contributed by atoms with van der Waals surface area (Å²) in [6.07, 6.45) is 0. The third-order valence-corrected chi connectivity index (χ3v) is 5.90. The summed E-state index contributed by atoms with van der Waals surface area (Å²) in [5.74, 6) is 1.87. The van der Waals surface area contributed by atoms with Crippen LogP contribution in [0.15, 0.2) is 58.3 Å². The van der Waals surface area contributed by atoms with Gasteiger partial charge in [-0.3, -0.25) is 0 Å². The van der Waals surface area contributed by atoms with E-state index in [-0.39, 0.29) is 24.8 Å². The van der Waals surface area contributed by atoms with Gasteiger partial charge >= 0.3 is 0 Å². The second-order valence-corrected chi connectivity index (χ2v) is 7.23. The zero-order valence-corrected chi connectivity index (χ0v) is 16.5. The first-order valence-corrected chi connectivity index (χ1v) is 9.43. The largest absolute Gasteiger partial charge is 0.330 e.